The van der Waals surface area contributed by atoms with E-state index in [1.807, 2.05) is 36.9 Å². The van der Waals surface area contributed by atoms with E-state index in [4.69, 9.17) is 4.74 Å². The summed E-state index contributed by atoms with van der Waals surface area (Å²) in [6.45, 7) is 5.51. The van der Waals surface area contributed by atoms with E-state index in [1.54, 1.807) is 7.11 Å². The van der Waals surface area contributed by atoms with Crippen LogP contribution in [0.5, 0.6) is 0 Å². The zero-order valence-corrected chi connectivity index (χ0v) is 14.1. The molecule has 1 aliphatic heterocycles. The van der Waals surface area contributed by atoms with Crippen molar-refractivity contribution in [2.75, 3.05) is 43.6 Å². The van der Waals surface area contributed by atoms with Crippen molar-refractivity contribution < 1.29 is 9.53 Å². The molecule has 1 aliphatic rings. The Morgan fingerprint density at radius 1 is 1.36 bits per heavy atom. The lowest BCUT2D eigenvalue weighted by atomic mass is 10.1. The van der Waals surface area contributed by atoms with Gasteiger partial charge in [0.05, 0.1) is 12.6 Å². The third kappa shape index (κ3) is 5.51. The van der Waals surface area contributed by atoms with Gasteiger partial charge in [0.1, 0.15) is 0 Å². The van der Waals surface area contributed by atoms with Gasteiger partial charge >= 0.3 is 6.03 Å². The third-order valence-corrected chi connectivity index (χ3v) is 4.50. The number of benzene rings is 1. The minimum Gasteiger partial charge on any atom is -0.383 e. The van der Waals surface area contributed by atoms with E-state index < -0.39 is 0 Å². The van der Waals surface area contributed by atoms with Crippen LogP contribution in [0.25, 0.3) is 0 Å². The van der Waals surface area contributed by atoms with Gasteiger partial charge in [-0.15, -0.1) is 0 Å². The molecule has 0 aliphatic carbocycles. The minimum absolute atomic E-state index is 0.0173. The van der Waals surface area contributed by atoms with Crippen LogP contribution in [-0.2, 0) is 11.3 Å². The average molecular weight is 323 g/mol. The Morgan fingerprint density at radius 3 is 2.82 bits per heavy atom. The Morgan fingerprint density at radius 2 is 2.09 bits per heavy atom. The van der Waals surface area contributed by atoms with Gasteiger partial charge in [-0.3, -0.25) is 4.90 Å². The number of hydrogen-bond donors (Lipinski definition) is 2. The lowest BCUT2D eigenvalue weighted by Crippen LogP contribution is -2.39. The van der Waals surface area contributed by atoms with E-state index >= 15 is 0 Å². The maximum Gasteiger partial charge on any atom is 0.319 e. The predicted octanol–water partition coefficient (Wildman–Crippen LogP) is 2.39. The van der Waals surface area contributed by atoms with Crippen LogP contribution in [0.3, 0.4) is 0 Å². The number of nitrogens with one attached hydrogen (secondary N) is 2. The fourth-order valence-electron chi connectivity index (χ4n) is 2.45. The molecule has 1 atom stereocenters. The number of thioether (sulfide) groups is 1. The number of anilines is 1. The van der Waals surface area contributed by atoms with Crippen molar-refractivity contribution in [1.29, 1.82) is 0 Å². The highest BCUT2D eigenvalue weighted by molar-refractivity contribution is 7.99. The Bertz CT molecular complexity index is 478. The van der Waals surface area contributed by atoms with Gasteiger partial charge in [0.15, 0.2) is 0 Å². The lowest BCUT2D eigenvalue weighted by molar-refractivity contribution is 0.173. The first-order valence-corrected chi connectivity index (χ1v) is 8.79. The summed E-state index contributed by atoms with van der Waals surface area (Å²) >= 11 is 2.00. The number of para-hydroxylation sites is 1. The van der Waals surface area contributed by atoms with Crippen LogP contribution in [0.2, 0.25) is 0 Å². The summed E-state index contributed by atoms with van der Waals surface area (Å²) < 4.78 is 5.03. The fraction of sp³-hybridized carbons (Fsp3) is 0.562. The highest BCUT2D eigenvalue weighted by Crippen LogP contribution is 2.19. The van der Waals surface area contributed by atoms with Gasteiger partial charge in [0, 0.05) is 43.9 Å². The van der Waals surface area contributed by atoms with Gasteiger partial charge in [0.25, 0.3) is 0 Å². The quantitative estimate of drug-likeness (QED) is 0.844. The Hall–Kier alpha value is -1.24. The molecule has 6 heteroatoms. The van der Waals surface area contributed by atoms with Crippen molar-refractivity contribution in [2.45, 2.75) is 19.5 Å². The number of amides is 2. The Kier molecular flexibility index (Phi) is 7.02. The van der Waals surface area contributed by atoms with Crippen molar-refractivity contribution in [1.82, 2.24) is 10.2 Å². The van der Waals surface area contributed by atoms with Gasteiger partial charge in [-0.25, -0.2) is 4.79 Å². The highest BCUT2D eigenvalue weighted by Gasteiger charge is 2.14. The minimum atomic E-state index is -0.189. The van der Waals surface area contributed by atoms with Crippen LogP contribution < -0.4 is 10.6 Å². The number of carbonyl (C=O) groups is 1. The summed E-state index contributed by atoms with van der Waals surface area (Å²) in [4.78, 5) is 14.5. The van der Waals surface area contributed by atoms with Gasteiger partial charge in [-0.05, 0) is 18.6 Å². The van der Waals surface area contributed by atoms with Crippen molar-refractivity contribution in [2.24, 2.45) is 0 Å². The number of hydrogen-bond acceptors (Lipinski definition) is 4. The van der Waals surface area contributed by atoms with Crippen LogP contribution in [0.1, 0.15) is 12.5 Å². The van der Waals surface area contributed by atoms with Crippen molar-refractivity contribution >= 4 is 23.5 Å². The molecule has 1 aromatic carbocycles. The first-order chi connectivity index (χ1) is 10.7. The van der Waals surface area contributed by atoms with Crippen LogP contribution in [-0.4, -0.2) is 55.3 Å². The van der Waals surface area contributed by atoms with Crippen LogP contribution in [0, 0.1) is 0 Å². The maximum absolute atomic E-state index is 12.0. The van der Waals surface area contributed by atoms with Crippen LogP contribution >= 0.6 is 11.8 Å². The van der Waals surface area contributed by atoms with Crippen molar-refractivity contribution in [3.05, 3.63) is 29.8 Å². The van der Waals surface area contributed by atoms with E-state index in [0.29, 0.717) is 6.61 Å². The number of urea groups is 1. The number of ether oxygens (including phenoxy) is 1. The Labute approximate surface area is 136 Å². The SMILES string of the molecule is COCC(C)NC(=O)Nc1ccccc1CN1CCSCC1. The van der Waals surface area contributed by atoms with E-state index in [9.17, 15) is 4.79 Å². The molecule has 1 heterocycles. The molecule has 0 radical (unpaired) electrons. The smallest absolute Gasteiger partial charge is 0.319 e. The fourth-order valence-corrected chi connectivity index (χ4v) is 3.43. The second-order valence-corrected chi connectivity index (χ2v) is 6.73. The molecule has 2 N–H and O–H groups in total. The number of carbonyl (C=O) groups excluding carboxylic acids is 1. The normalized spacial score (nSPS) is 17.0. The second-order valence-electron chi connectivity index (χ2n) is 5.50. The predicted molar refractivity (Wildman–Crippen MR) is 92.5 cm³/mol. The molecule has 1 fully saturated rings. The van der Waals surface area contributed by atoms with Crippen LogP contribution in [0.4, 0.5) is 10.5 Å². The molecule has 2 rings (SSSR count). The summed E-state index contributed by atoms with van der Waals surface area (Å²) in [5, 5.41) is 5.82. The first-order valence-electron chi connectivity index (χ1n) is 7.63. The largest absolute Gasteiger partial charge is 0.383 e. The molecule has 0 aromatic heterocycles. The van der Waals surface area contributed by atoms with Gasteiger partial charge in [-0.2, -0.15) is 11.8 Å². The molecule has 122 valence electrons. The van der Waals surface area contributed by atoms with Gasteiger partial charge < -0.3 is 15.4 Å². The zero-order valence-electron chi connectivity index (χ0n) is 13.3. The van der Waals surface area contributed by atoms with E-state index in [-0.39, 0.29) is 12.1 Å². The Balaban J connectivity index is 1.94. The molecule has 5 nitrogen and oxygen atoms in total. The van der Waals surface area contributed by atoms with E-state index in [1.165, 1.54) is 11.5 Å². The van der Waals surface area contributed by atoms with E-state index in [0.717, 1.165) is 30.9 Å². The molecule has 1 unspecified atom stereocenters. The van der Waals surface area contributed by atoms with Gasteiger partial charge in [-0.1, -0.05) is 18.2 Å². The average Bonchev–Trinajstić information content (AvgIpc) is 2.50. The highest BCUT2D eigenvalue weighted by atomic mass is 32.2. The lowest BCUT2D eigenvalue weighted by Gasteiger charge is -2.27. The third-order valence-electron chi connectivity index (χ3n) is 3.56. The number of rotatable bonds is 6. The van der Waals surface area contributed by atoms with Crippen LogP contribution in [0.15, 0.2) is 24.3 Å². The summed E-state index contributed by atoms with van der Waals surface area (Å²) in [6, 6.07) is 7.79. The number of methoxy groups -OCH3 is 1. The molecule has 0 bridgehead atoms. The van der Waals surface area contributed by atoms with E-state index in [2.05, 4.69) is 21.6 Å². The number of nitrogens with zero attached hydrogens (tertiary/aromatic N) is 1. The summed E-state index contributed by atoms with van der Waals surface area (Å²) in [6.07, 6.45) is 0. The molecular weight excluding hydrogens is 298 g/mol. The molecule has 2 amide bonds. The second kappa shape index (κ2) is 9.02. The zero-order chi connectivity index (χ0) is 15.8. The molecular formula is C16H25N3O2S. The summed E-state index contributed by atoms with van der Waals surface area (Å²) in [5.41, 5.74) is 2.03. The van der Waals surface area contributed by atoms with Crippen molar-refractivity contribution in [3.63, 3.8) is 0 Å². The maximum atomic E-state index is 12.0. The molecule has 1 saturated heterocycles. The standard InChI is InChI=1S/C16H25N3O2S/c1-13(12-21-2)17-16(20)18-15-6-4-3-5-14(15)11-19-7-9-22-10-8-19/h3-6,13H,7-12H2,1-2H3,(H2,17,18,20). The topological polar surface area (TPSA) is 53.6 Å². The first kappa shape index (κ1) is 17.1. The molecule has 1 aromatic rings. The molecule has 22 heavy (non-hydrogen) atoms. The molecule has 0 saturated carbocycles. The summed E-state index contributed by atoms with van der Waals surface area (Å²) in [5.74, 6) is 2.37. The molecule has 0 spiro atoms. The van der Waals surface area contributed by atoms with Crippen molar-refractivity contribution in [3.8, 4) is 0 Å². The van der Waals surface area contributed by atoms with Gasteiger partial charge in [0.2, 0.25) is 0 Å². The summed E-state index contributed by atoms with van der Waals surface area (Å²) in [7, 11) is 1.63. The monoisotopic (exact) mass is 323 g/mol.